The fourth-order valence-electron chi connectivity index (χ4n) is 12.1. The van der Waals surface area contributed by atoms with Crippen LogP contribution in [0.5, 0.6) is 0 Å². The molecule has 0 heterocycles. The standard InChI is InChI=1S/C87H156NO8P/c1-3-5-7-9-11-13-15-17-19-21-23-25-27-29-31-33-35-37-39-41-42-44-45-47-49-51-53-55-57-59-61-63-65-67-69-71-73-75-77-79-86(89)93-83-85(84-95-97(91,92)94-82-81-88)96-87(90)80-78-76-74-72-70-68-66-64-62-60-58-56-54-52-50-48-46-43-40-38-36-34-32-30-28-26-24-22-20-18-16-14-12-10-8-6-4-2/h6,8,12,14,18,20-21,23-24,26,30,32,36,38,43,46,50,52,85H,3-5,7,9-11,13,15-17,19,22,25,27-29,31,33-35,37,39-42,44-45,47-49,51,53-84,88H2,1-2H3,(H,91,92)/b8-6-,14-12-,20-18-,23-21-,26-24-,32-30-,38-36-,46-43-,52-50-. The molecule has 0 rings (SSSR count). The second-order valence-corrected chi connectivity index (χ2v) is 29.1. The lowest BCUT2D eigenvalue weighted by Crippen LogP contribution is -2.29. The van der Waals surface area contributed by atoms with Gasteiger partial charge in [-0.2, -0.15) is 0 Å². The number of phosphoric ester groups is 1. The first-order chi connectivity index (χ1) is 47.8. The summed E-state index contributed by atoms with van der Waals surface area (Å²) in [5.41, 5.74) is 5.42. The number of nitrogens with two attached hydrogens (primary N) is 1. The van der Waals surface area contributed by atoms with Gasteiger partial charge in [0.15, 0.2) is 6.10 Å². The van der Waals surface area contributed by atoms with Crippen LogP contribution in [0.15, 0.2) is 109 Å². The predicted octanol–water partition coefficient (Wildman–Crippen LogP) is 28.0. The summed E-state index contributed by atoms with van der Waals surface area (Å²) in [6.45, 7) is 3.68. The van der Waals surface area contributed by atoms with E-state index in [4.69, 9.17) is 24.3 Å². The van der Waals surface area contributed by atoms with E-state index in [-0.39, 0.29) is 38.6 Å². The topological polar surface area (TPSA) is 134 Å². The number of ether oxygens (including phenoxy) is 2. The molecule has 0 aliphatic rings. The molecule has 10 heteroatoms. The monoisotopic (exact) mass is 1370 g/mol. The first kappa shape index (κ1) is 93.7. The molecule has 0 aromatic rings. The zero-order valence-electron chi connectivity index (χ0n) is 63.6. The zero-order valence-corrected chi connectivity index (χ0v) is 64.4. The van der Waals surface area contributed by atoms with Crippen LogP contribution in [0.25, 0.3) is 0 Å². The van der Waals surface area contributed by atoms with Gasteiger partial charge >= 0.3 is 19.8 Å². The Morgan fingerprint density at radius 2 is 0.567 bits per heavy atom. The second kappa shape index (κ2) is 81.6. The first-order valence-electron chi connectivity index (χ1n) is 41.4. The lowest BCUT2D eigenvalue weighted by molar-refractivity contribution is -0.161. The van der Waals surface area contributed by atoms with Crippen LogP contribution in [0.2, 0.25) is 0 Å². The SMILES string of the molecule is CC/C=C\C/C=C\C/C=C\C/C=C\C/C=C\C/C=C\C/C=C\C/C=C\CCCCCCCCCCCCCCC(=O)OC(COC(=O)CCCCCCCCCCCCCCCCCCCCCCCCCCCCC/C=C\CCCCCCCCCC)COP(=O)(O)OCCN. The van der Waals surface area contributed by atoms with Gasteiger partial charge in [0.05, 0.1) is 13.2 Å². The van der Waals surface area contributed by atoms with Crippen molar-refractivity contribution in [2.45, 2.75) is 405 Å². The van der Waals surface area contributed by atoms with Crippen LogP contribution < -0.4 is 5.73 Å². The number of carbonyl (C=O) groups excluding carboxylic acids is 2. The Kier molecular flexibility index (Phi) is 78.8. The summed E-state index contributed by atoms with van der Waals surface area (Å²) >= 11 is 0. The molecular weight excluding hydrogens is 1220 g/mol. The highest BCUT2D eigenvalue weighted by atomic mass is 31.2. The Morgan fingerprint density at radius 1 is 0.320 bits per heavy atom. The summed E-state index contributed by atoms with van der Waals surface area (Å²) in [7, 11) is -4.40. The van der Waals surface area contributed by atoms with Crippen LogP contribution in [-0.2, 0) is 32.7 Å². The minimum absolute atomic E-state index is 0.0511. The van der Waals surface area contributed by atoms with Gasteiger partial charge in [0.25, 0.3) is 0 Å². The largest absolute Gasteiger partial charge is 0.472 e. The number of allylic oxidation sites excluding steroid dienone is 18. The summed E-state index contributed by atoms with van der Waals surface area (Å²) in [5.74, 6) is -0.816. The van der Waals surface area contributed by atoms with Gasteiger partial charge in [-0.05, 0) is 103 Å². The van der Waals surface area contributed by atoms with Gasteiger partial charge in [-0.1, -0.05) is 393 Å². The number of carbonyl (C=O) groups is 2. The molecule has 0 saturated carbocycles. The number of unbranched alkanes of at least 4 members (excludes halogenated alkanes) is 47. The van der Waals surface area contributed by atoms with Gasteiger partial charge in [-0.25, -0.2) is 4.57 Å². The quantitative estimate of drug-likeness (QED) is 0.0264. The van der Waals surface area contributed by atoms with Gasteiger partial charge in [0.1, 0.15) is 6.61 Å². The molecule has 0 aliphatic heterocycles. The zero-order chi connectivity index (χ0) is 70.0. The van der Waals surface area contributed by atoms with E-state index >= 15 is 0 Å². The molecule has 9 nitrogen and oxygen atoms in total. The fourth-order valence-corrected chi connectivity index (χ4v) is 12.8. The van der Waals surface area contributed by atoms with Gasteiger partial charge in [0, 0.05) is 19.4 Å². The number of phosphoric acid groups is 1. The van der Waals surface area contributed by atoms with Gasteiger partial charge in [-0.3, -0.25) is 18.6 Å². The molecule has 562 valence electrons. The minimum atomic E-state index is -4.40. The molecular formula is C87H156NO8P. The Morgan fingerprint density at radius 3 is 0.856 bits per heavy atom. The molecule has 0 fully saturated rings. The van der Waals surface area contributed by atoms with Crippen molar-refractivity contribution < 1.29 is 37.6 Å². The first-order valence-corrected chi connectivity index (χ1v) is 42.9. The maximum atomic E-state index is 12.8. The van der Waals surface area contributed by atoms with E-state index in [1.165, 1.54) is 276 Å². The molecule has 0 aromatic carbocycles. The molecule has 0 amide bonds. The van der Waals surface area contributed by atoms with Crippen molar-refractivity contribution in [3.05, 3.63) is 109 Å². The predicted molar refractivity (Wildman–Crippen MR) is 422 cm³/mol. The Labute approximate surface area is 600 Å². The number of hydrogen-bond donors (Lipinski definition) is 2. The third kappa shape index (κ3) is 81.5. The average molecular weight is 1380 g/mol. The fraction of sp³-hybridized carbons (Fsp3) is 0.770. The summed E-state index contributed by atoms with van der Waals surface area (Å²) in [6, 6.07) is 0. The lowest BCUT2D eigenvalue weighted by Gasteiger charge is -2.19. The van der Waals surface area contributed by atoms with Crippen molar-refractivity contribution >= 4 is 19.8 Å². The van der Waals surface area contributed by atoms with E-state index < -0.39 is 26.5 Å². The minimum Gasteiger partial charge on any atom is -0.462 e. The molecule has 2 unspecified atom stereocenters. The normalized spacial score (nSPS) is 13.4. The smallest absolute Gasteiger partial charge is 0.462 e. The Bertz CT molecular complexity index is 1970. The molecule has 0 radical (unpaired) electrons. The molecule has 2 atom stereocenters. The Hall–Kier alpha value is -3.33. The van der Waals surface area contributed by atoms with Crippen molar-refractivity contribution in [2.75, 3.05) is 26.4 Å². The van der Waals surface area contributed by atoms with Crippen molar-refractivity contribution in [2.24, 2.45) is 5.73 Å². The van der Waals surface area contributed by atoms with Crippen molar-refractivity contribution in [3.8, 4) is 0 Å². The summed E-state index contributed by atoms with van der Waals surface area (Å²) in [5, 5.41) is 0. The summed E-state index contributed by atoms with van der Waals surface area (Å²) in [6.07, 6.45) is 114. The summed E-state index contributed by atoms with van der Waals surface area (Å²) in [4.78, 5) is 35.5. The van der Waals surface area contributed by atoms with Gasteiger partial charge in [0.2, 0.25) is 0 Å². The van der Waals surface area contributed by atoms with Gasteiger partial charge < -0.3 is 20.1 Å². The third-order valence-electron chi connectivity index (χ3n) is 18.1. The maximum Gasteiger partial charge on any atom is 0.472 e. The van der Waals surface area contributed by atoms with E-state index in [0.29, 0.717) is 6.42 Å². The molecule has 0 saturated heterocycles. The van der Waals surface area contributed by atoms with Crippen LogP contribution in [0.3, 0.4) is 0 Å². The van der Waals surface area contributed by atoms with Gasteiger partial charge in [-0.15, -0.1) is 0 Å². The van der Waals surface area contributed by atoms with Crippen LogP contribution in [-0.4, -0.2) is 49.3 Å². The number of esters is 2. The summed E-state index contributed by atoms with van der Waals surface area (Å²) < 4.78 is 33.3. The maximum absolute atomic E-state index is 12.8. The van der Waals surface area contributed by atoms with Crippen molar-refractivity contribution in [1.82, 2.24) is 0 Å². The number of hydrogen-bond acceptors (Lipinski definition) is 8. The highest BCUT2D eigenvalue weighted by molar-refractivity contribution is 7.47. The highest BCUT2D eigenvalue weighted by Crippen LogP contribution is 2.43. The highest BCUT2D eigenvalue weighted by Gasteiger charge is 2.26. The average Bonchev–Trinajstić information content (AvgIpc) is 2.17. The third-order valence-corrected chi connectivity index (χ3v) is 19.1. The van der Waals surface area contributed by atoms with Crippen LogP contribution in [0.4, 0.5) is 0 Å². The second-order valence-electron chi connectivity index (χ2n) is 27.6. The lowest BCUT2D eigenvalue weighted by atomic mass is 10.0. The van der Waals surface area contributed by atoms with E-state index in [2.05, 4.69) is 123 Å². The molecule has 0 spiro atoms. The van der Waals surface area contributed by atoms with Crippen molar-refractivity contribution in [3.63, 3.8) is 0 Å². The number of rotatable bonds is 78. The van der Waals surface area contributed by atoms with E-state index in [9.17, 15) is 19.0 Å². The van der Waals surface area contributed by atoms with Crippen LogP contribution in [0.1, 0.15) is 399 Å². The van der Waals surface area contributed by atoms with Crippen LogP contribution >= 0.6 is 7.82 Å². The van der Waals surface area contributed by atoms with Crippen molar-refractivity contribution in [1.29, 1.82) is 0 Å². The van der Waals surface area contributed by atoms with E-state index in [1.54, 1.807) is 0 Å². The van der Waals surface area contributed by atoms with E-state index in [1.807, 2.05) is 0 Å². The van der Waals surface area contributed by atoms with E-state index in [0.717, 1.165) is 89.9 Å². The van der Waals surface area contributed by atoms with Crippen LogP contribution in [0, 0.1) is 0 Å². The molecule has 3 N–H and O–H groups in total. The molecule has 0 aromatic heterocycles. The Balaban J connectivity index is 3.80. The molecule has 0 bridgehead atoms. The molecule has 0 aliphatic carbocycles. The molecule has 97 heavy (non-hydrogen) atoms.